The summed E-state index contributed by atoms with van der Waals surface area (Å²) in [6.07, 6.45) is 1.08. The topological polar surface area (TPSA) is 41.6 Å². The van der Waals surface area contributed by atoms with Crippen molar-refractivity contribution in [2.45, 2.75) is 39.3 Å². The van der Waals surface area contributed by atoms with Crippen LogP contribution < -0.4 is 5.73 Å². The van der Waals surface area contributed by atoms with E-state index in [1.165, 1.54) is 11.1 Å². The van der Waals surface area contributed by atoms with Gasteiger partial charge in [-0.1, -0.05) is 36.8 Å². The fourth-order valence-electron chi connectivity index (χ4n) is 2.38. The first kappa shape index (κ1) is 12.0. The van der Waals surface area contributed by atoms with E-state index in [2.05, 4.69) is 54.9 Å². The standard InChI is InChI=1S/C14H21N3/c1-4-11(3)17-13(9-16-14(17)15)12-7-5-6-10(2)8-12/h5-8,11,13H,4,9H2,1-3H3,(H2,15,16). The lowest BCUT2D eigenvalue weighted by Gasteiger charge is -2.32. The van der Waals surface area contributed by atoms with Crippen molar-refractivity contribution in [3.05, 3.63) is 35.4 Å². The Hall–Kier alpha value is -1.51. The van der Waals surface area contributed by atoms with Crippen LogP contribution in [0.1, 0.15) is 37.4 Å². The van der Waals surface area contributed by atoms with Crippen molar-refractivity contribution in [1.29, 1.82) is 0 Å². The third kappa shape index (κ3) is 2.28. The van der Waals surface area contributed by atoms with E-state index in [0.717, 1.165) is 13.0 Å². The average Bonchev–Trinajstić information content (AvgIpc) is 2.70. The Labute approximate surface area is 103 Å². The molecule has 0 amide bonds. The van der Waals surface area contributed by atoms with Crippen LogP contribution in [0.15, 0.2) is 29.3 Å². The maximum absolute atomic E-state index is 6.00. The van der Waals surface area contributed by atoms with Gasteiger partial charge in [0.25, 0.3) is 0 Å². The molecule has 3 nitrogen and oxygen atoms in total. The van der Waals surface area contributed by atoms with Crippen LogP contribution in [0.25, 0.3) is 0 Å². The van der Waals surface area contributed by atoms with Crippen molar-refractivity contribution in [3.63, 3.8) is 0 Å². The molecular weight excluding hydrogens is 210 g/mol. The second-order valence-corrected chi connectivity index (χ2v) is 4.79. The van der Waals surface area contributed by atoms with Crippen LogP contribution >= 0.6 is 0 Å². The van der Waals surface area contributed by atoms with Crippen LogP contribution in [0.3, 0.4) is 0 Å². The molecule has 0 aliphatic carbocycles. The summed E-state index contributed by atoms with van der Waals surface area (Å²) in [5.74, 6) is 0.686. The molecule has 0 saturated heterocycles. The third-order valence-corrected chi connectivity index (χ3v) is 3.52. The molecule has 1 aliphatic heterocycles. The van der Waals surface area contributed by atoms with E-state index in [0.29, 0.717) is 18.0 Å². The third-order valence-electron chi connectivity index (χ3n) is 3.52. The number of aryl methyl sites for hydroxylation is 1. The highest BCUT2D eigenvalue weighted by Crippen LogP contribution is 2.28. The molecule has 92 valence electrons. The zero-order chi connectivity index (χ0) is 12.4. The van der Waals surface area contributed by atoms with Crippen LogP contribution in [0, 0.1) is 6.92 Å². The Balaban J connectivity index is 2.27. The van der Waals surface area contributed by atoms with Gasteiger partial charge < -0.3 is 10.6 Å². The summed E-state index contributed by atoms with van der Waals surface area (Å²) in [6.45, 7) is 7.29. The molecule has 0 aromatic heterocycles. The van der Waals surface area contributed by atoms with Crippen LogP contribution in [-0.4, -0.2) is 23.4 Å². The smallest absolute Gasteiger partial charge is 0.192 e. The summed E-state index contributed by atoms with van der Waals surface area (Å²) in [4.78, 5) is 6.64. The lowest BCUT2D eigenvalue weighted by atomic mass is 10.0. The van der Waals surface area contributed by atoms with E-state index in [1.807, 2.05) is 0 Å². The molecule has 0 bridgehead atoms. The van der Waals surface area contributed by atoms with Crippen LogP contribution in [0.5, 0.6) is 0 Å². The minimum atomic E-state index is 0.310. The second kappa shape index (κ2) is 4.78. The van der Waals surface area contributed by atoms with Gasteiger partial charge in [0.05, 0.1) is 12.6 Å². The Morgan fingerprint density at radius 3 is 2.94 bits per heavy atom. The molecule has 1 aliphatic rings. The number of rotatable bonds is 3. The van der Waals surface area contributed by atoms with Crippen molar-refractivity contribution in [3.8, 4) is 0 Å². The van der Waals surface area contributed by atoms with Gasteiger partial charge in [0.2, 0.25) is 0 Å². The predicted octanol–water partition coefficient (Wildman–Crippen LogP) is 2.46. The van der Waals surface area contributed by atoms with Gasteiger partial charge in [0.1, 0.15) is 0 Å². The molecule has 2 atom stereocenters. The summed E-state index contributed by atoms with van der Waals surface area (Å²) < 4.78 is 0. The number of nitrogens with zero attached hydrogens (tertiary/aromatic N) is 2. The van der Waals surface area contributed by atoms with Crippen molar-refractivity contribution in [1.82, 2.24) is 4.90 Å². The summed E-state index contributed by atoms with van der Waals surface area (Å²) in [5.41, 5.74) is 8.60. The molecule has 0 spiro atoms. The molecule has 2 rings (SSSR count). The number of aliphatic imine (C=N–C) groups is 1. The second-order valence-electron chi connectivity index (χ2n) is 4.79. The van der Waals surface area contributed by atoms with Crippen molar-refractivity contribution >= 4 is 5.96 Å². The Kier molecular flexibility index (Phi) is 3.36. The van der Waals surface area contributed by atoms with E-state index in [9.17, 15) is 0 Å². The van der Waals surface area contributed by atoms with Gasteiger partial charge in [-0.2, -0.15) is 0 Å². The molecule has 3 heteroatoms. The number of nitrogens with two attached hydrogens (primary N) is 1. The van der Waals surface area contributed by atoms with Gasteiger partial charge in [-0.25, -0.2) is 0 Å². The summed E-state index contributed by atoms with van der Waals surface area (Å²) in [5, 5.41) is 0. The lowest BCUT2D eigenvalue weighted by Crippen LogP contribution is -2.42. The van der Waals surface area contributed by atoms with Crippen LogP contribution in [0.4, 0.5) is 0 Å². The molecule has 0 saturated carbocycles. The highest BCUT2D eigenvalue weighted by atomic mass is 15.3. The van der Waals surface area contributed by atoms with Crippen molar-refractivity contribution < 1.29 is 0 Å². The Bertz CT molecular complexity index is 425. The summed E-state index contributed by atoms with van der Waals surface area (Å²) in [7, 11) is 0. The monoisotopic (exact) mass is 231 g/mol. The first-order chi connectivity index (χ1) is 8.13. The Morgan fingerprint density at radius 2 is 2.29 bits per heavy atom. The molecule has 1 heterocycles. The minimum absolute atomic E-state index is 0.310. The zero-order valence-corrected chi connectivity index (χ0v) is 10.9. The van der Waals surface area contributed by atoms with Gasteiger partial charge in [0, 0.05) is 6.04 Å². The van der Waals surface area contributed by atoms with Crippen molar-refractivity contribution in [2.24, 2.45) is 10.7 Å². The highest BCUT2D eigenvalue weighted by molar-refractivity contribution is 5.80. The molecule has 0 fully saturated rings. The zero-order valence-electron chi connectivity index (χ0n) is 10.9. The van der Waals surface area contributed by atoms with Gasteiger partial charge >= 0.3 is 0 Å². The molecule has 2 N–H and O–H groups in total. The van der Waals surface area contributed by atoms with Gasteiger partial charge in [0.15, 0.2) is 5.96 Å². The largest absolute Gasteiger partial charge is 0.370 e. The molecular formula is C14H21N3. The van der Waals surface area contributed by atoms with Crippen molar-refractivity contribution in [2.75, 3.05) is 6.54 Å². The molecule has 1 aromatic rings. The quantitative estimate of drug-likeness (QED) is 0.868. The van der Waals surface area contributed by atoms with Gasteiger partial charge in [-0.15, -0.1) is 0 Å². The predicted molar refractivity (Wildman–Crippen MR) is 72.0 cm³/mol. The first-order valence-electron chi connectivity index (χ1n) is 6.28. The summed E-state index contributed by atoms with van der Waals surface area (Å²) in [6, 6.07) is 9.37. The molecule has 0 radical (unpaired) electrons. The number of guanidine groups is 1. The fourth-order valence-corrected chi connectivity index (χ4v) is 2.38. The van der Waals surface area contributed by atoms with E-state index < -0.39 is 0 Å². The van der Waals surface area contributed by atoms with Gasteiger partial charge in [-0.3, -0.25) is 4.99 Å². The first-order valence-corrected chi connectivity index (χ1v) is 6.28. The van der Waals surface area contributed by atoms with E-state index in [-0.39, 0.29) is 0 Å². The van der Waals surface area contributed by atoms with Gasteiger partial charge in [-0.05, 0) is 25.8 Å². The van der Waals surface area contributed by atoms with E-state index >= 15 is 0 Å². The molecule has 17 heavy (non-hydrogen) atoms. The minimum Gasteiger partial charge on any atom is -0.370 e. The highest BCUT2D eigenvalue weighted by Gasteiger charge is 2.30. The average molecular weight is 231 g/mol. The normalized spacial score (nSPS) is 21.5. The lowest BCUT2D eigenvalue weighted by molar-refractivity contribution is 0.268. The SMILES string of the molecule is CCC(C)N1C(N)=NCC1c1cccc(C)c1. The summed E-state index contributed by atoms with van der Waals surface area (Å²) >= 11 is 0. The Morgan fingerprint density at radius 1 is 1.53 bits per heavy atom. The fraction of sp³-hybridized carbons (Fsp3) is 0.500. The number of benzene rings is 1. The van der Waals surface area contributed by atoms with E-state index in [1.54, 1.807) is 0 Å². The molecule has 2 unspecified atom stereocenters. The van der Waals surface area contributed by atoms with Crippen LogP contribution in [-0.2, 0) is 0 Å². The number of hydrogen-bond acceptors (Lipinski definition) is 3. The number of hydrogen-bond donors (Lipinski definition) is 1. The maximum Gasteiger partial charge on any atom is 0.192 e. The molecule has 1 aromatic carbocycles. The van der Waals surface area contributed by atoms with E-state index in [4.69, 9.17) is 5.73 Å². The maximum atomic E-state index is 6.00. The van der Waals surface area contributed by atoms with Crippen LogP contribution in [0.2, 0.25) is 0 Å².